The molecule has 0 bridgehead atoms. The van der Waals surface area contributed by atoms with E-state index in [2.05, 4.69) is 17.2 Å². The zero-order valence-corrected chi connectivity index (χ0v) is 23.2. The quantitative estimate of drug-likeness (QED) is 0.355. The molecule has 0 radical (unpaired) electrons. The van der Waals surface area contributed by atoms with Crippen molar-refractivity contribution in [3.8, 4) is 0 Å². The van der Waals surface area contributed by atoms with Crippen LogP contribution in [0.3, 0.4) is 0 Å². The molecule has 9 nitrogen and oxygen atoms in total. The van der Waals surface area contributed by atoms with Crippen LogP contribution in [0.15, 0.2) is 61.2 Å². The van der Waals surface area contributed by atoms with Crippen molar-refractivity contribution in [2.24, 2.45) is 5.73 Å². The molecule has 0 heterocycles. The number of nitrogens with one attached hydrogen (secondary N) is 2. The van der Waals surface area contributed by atoms with E-state index >= 15 is 0 Å². The number of rotatable bonds is 13. The first kappa shape index (κ1) is 31.1. The zero-order valence-electron chi connectivity index (χ0n) is 23.2. The van der Waals surface area contributed by atoms with Gasteiger partial charge in [-0.15, -0.1) is 0 Å². The normalized spacial score (nSPS) is 12.5. The third-order valence-electron chi connectivity index (χ3n) is 5.75. The summed E-state index contributed by atoms with van der Waals surface area (Å²) in [6.45, 7) is 11.3. The predicted octanol–water partition coefficient (Wildman–Crippen LogP) is 4.08. The standard InChI is InChI=1S/C30H40N4O5/c1-6-18-34(28(37)24(16-17-25(31)35)33-29(38)39-30(3,4)5)26(23-15-11-14-21(7-2)19-23)27(36)32-20-22-12-9-8-10-13-22/h7-15,19,24,26H,2,6,16-18,20H2,1,3-5H3,(H2,31,35)(H,32,36)(H,33,38). The van der Waals surface area contributed by atoms with E-state index in [-0.39, 0.29) is 31.8 Å². The van der Waals surface area contributed by atoms with Crippen molar-refractivity contribution in [2.45, 2.75) is 71.2 Å². The van der Waals surface area contributed by atoms with Gasteiger partial charge in [0.25, 0.3) is 0 Å². The number of ether oxygens (including phenoxy) is 1. The minimum absolute atomic E-state index is 0.0430. The molecule has 0 spiro atoms. The van der Waals surface area contributed by atoms with Crippen LogP contribution in [-0.2, 0) is 25.7 Å². The Balaban J connectivity index is 2.47. The lowest BCUT2D eigenvalue weighted by Gasteiger charge is -2.34. The fourth-order valence-electron chi connectivity index (χ4n) is 4.01. The molecule has 0 aliphatic heterocycles. The van der Waals surface area contributed by atoms with Crippen molar-refractivity contribution < 1.29 is 23.9 Å². The fraction of sp³-hybridized carbons (Fsp3) is 0.400. The Hall–Kier alpha value is -4.14. The van der Waals surface area contributed by atoms with E-state index in [1.807, 2.05) is 43.3 Å². The first-order valence-corrected chi connectivity index (χ1v) is 13.1. The Morgan fingerprint density at radius 1 is 1.08 bits per heavy atom. The smallest absolute Gasteiger partial charge is 0.408 e. The van der Waals surface area contributed by atoms with Gasteiger partial charge in [-0.3, -0.25) is 14.4 Å². The Kier molecular flexibility index (Phi) is 11.7. The topological polar surface area (TPSA) is 131 Å². The maximum Gasteiger partial charge on any atom is 0.408 e. The highest BCUT2D eigenvalue weighted by molar-refractivity contribution is 5.92. The predicted molar refractivity (Wildman–Crippen MR) is 151 cm³/mol. The largest absolute Gasteiger partial charge is 0.444 e. The number of hydrogen-bond donors (Lipinski definition) is 3. The van der Waals surface area contributed by atoms with Crippen LogP contribution in [0.2, 0.25) is 0 Å². The molecule has 0 saturated heterocycles. The first-order chi connectivity index (χ1) is 18.4. The Morgan fingerprint density at radius 3 is 2.36 bits per heavy atom. The summed E-state index contributed by atoms with van der Waals surface area (Å²) in [6.07, 6.45) is 1.22. The van der Waals surface area contributed by atoms with Crippen molar-refractivity contribution in [2.75, 3.05) is 6.54 Å². The molecular weight excluding hydrogens is 496 g/mol. The van der Waals surface area contributed by atoms with Crippen LogP contribution in [0.4, 0.5) is 4.79 Å². The molecular formula is C30H40N4O5. The van der Waals surface area contributed by atoms with Crippen LogP contribution in [0, 0.1) is 0 Å². The van der Waals surface area contributed by atoms with Crippen LogP contribution < -0.4 is 16.4 Å². The molecule has 2 aromatic rings. The summed E-state index contributed by atoms with van der Waals surface area (Å²) in [5, 5.41) is 5.53. The molecule has 0 fully saturated rings. The van der Waals surface area contributed by atoms with Gasteiger partial charge >= 0.3 is 6.09 Å². The van der Waals surface area contributed by atoms with Gasteiger partial charge in [-0.2, -0.15) is 0 Å². The van der Waals surface area contributed by atoms with E-state index in [4.69, 9.17) is 10.5 Å². The van der Waals surface area contributed by atoms with Gasteiger partial charge in [-0.1, -0.05) is 68.1 Å². The number of carbonyl (C=O) groups is 4. The molecule has 0 aliphatic carbocycles. The van der Waals surface area contributed by atoms with E-state index in [1.165, 1.54) is 4.90 Å². The summed E-state index contributed by atoms with van der Waals surface area (Å²) in [5.41, 5.74) is 6.84. The van der Waals surface area contributed by atoms with E-state index in [0.717, 1.165) is 11.1 Å². The second-order valence-electron chi connectivity index (χ2n) is 10.2. The van der Waals surface area contributed by atoms with Crippen LogP contribution in [0.25, 0.3) is 6.08 Å². The second-order valence-corrected chi connectivity index (χ2v) is 10.2. The van der Waals surface area contributed by atoms with Gasteiger partial charge in [0.1, 0.15) is 17.7 Å². The van der Waals surface area contributed by atoms with Crippen LogP contribution in [-0.4, -0.2) is 46.9 Å². The Bertz CT molecular complexity index is 1140. The van der Waals surface area contributed by atoms with Crippen LogP contribution in [0.5, 0.6) is 0 Å². The van der Waals surface area contributed by atoms with E-state index in [1.54, 1.807) is 45.0 Å². The van der Waals surface area contributed by atoms with E-state index in [0.29, 0.717) is 12.0 Å². The highest BCUT2D eigenvalue weighted by atomic mass is 16.6. The molecule has 2 aromatic carbocycles. The van der Waals surface area contributed by atoms with Gasteiger partial charge < -0.3 is 26.0 Å². The molecule has 4 amide bonds. The average Bonchev–Trinajstić information content (AvgIpc) is 2.88. The Morgan fingerprint density at radius 2 is 1.77 bits per heavy atom. The second kappa shape index (κ2) is 14.7. The average molecular weight is 537 g/mol. The third-order valence-corrected chi connectivity index (χ3v) is 5.75. The molecule has 2 unspecified atom stereocenters. The number of alkyl carbamates (subject to hydrolysis) is 1. The van der Waals surface area contributed by atoms with Crippen molar-refractivity contribution in [3.63, 3.8) is 0 Å². The fourth-order valence-corrected chi connectivity index (χ4v) is 4.01. The van der Waals surface area contributed by atoms with E-state index < -0.39 is 35.6 Å². The number of amides is 4. The summed E-state index contributed by atoms with van der Waals surface area (Å²) in [4.78, 5) is 53.3. The van der Waals surface area contributed by atoms with Gasteiger partial charge in [0.15, 0.2) is 0 Å². The molecule has 39 heavy (non-hydrogen) atoms. The maximum atomic E-state index is 14.0. The number of nitrogens with zero attached hydrogens (tertiary/aromatic N) is 1. The molecule has 0 saturated carbocycles. The van der Waals surface area contributed by atoms with Gasteiger partial charge in [0, 0.05) is 19.5 Å². The van der Waals surface area contributed by atoms with Gasteiger partial charge in [-0.05, 0) is 56.4 Å². The molecule has 2 atom stereocenters. The molecule has 2 rings (SSSR count). The lowest BCUT2D eigenvalue weighted by Crippen LogP contribution is -2.53. The Labute approximate surface area is 230 Å². The van der Waals surface area contributed by atoms with Crippen molar-refractivity contribution in [3.05, 3.63) is 77.9 Å². The lowest BCUT2D eigenvalue weighted by molar-refractivity contribution is -0.142. The van der Waals surface area contributed by atoms with Crippen LogP contribution in [0.1, 0.15) is 69.7 Å². The lowest BCUT2D eigenvalue weighted by atomic mass is 9.99. The molecule has 0 aliphatic rings. The zero-order chi connectivity index (χ0) is 29.0. The molecule has 0 aromatic heterocycles. The maximum absolute atomic E-state index is 14.0. The third kappa shape index (κ3) is 10.3. The van der Waals surface area contributed by atoms with Gasteiger partial charge in [0.2, 0.25) is 17.7 Å². The molecule has 210 valence electrons. The number of hydrogen-bond acceptors (Lipinski definition) is 5. The molecule has 4 N–H and O–H groups in total. The molecule has 9 heteroatoms. The summed E-state index contributed by atoms with van der Waals surface area (Å²) in [7, 11) is 0. The summed E-state index contributed by atoms with van der Waals surface area (Å²) < 4.78 is 5.35. The summed E-state index contributed by atoms with van der Waals surface area (Å²) >= 11 is 0. The highest BCUT2D eigenvalue weighted by Gasteiger charge is 2.36. The first-order valence-electron chi connectivity index (χ1n) is 13.1. The SMILES string of the molecule is C=Cc1cccc(C(C(=O)NCc2ccccc2)N(CCC)C(=O)C(CCC(N)=O)NC(=O)OC(C)(C)C)c1. The number of benzene rings is 2. The van der Waals surface area contributed by atoms with E-state index in [9.17, 15) is 19.2 Å². The monoisotopic (exact) mass is 536 g/mol. The van der Waals surface area contributed by atoms with Crippen molar-refractivity contribution >= 4 is 29.9 Å². The number of primary amides is 1. The number of nitrogens with two attached hydrogens (primary N) is 1. The van der Waals surface area contributed by atoms with Gasteiger partial charge in [0.05, 0.1) is 0 Å². The summed E-state index contributed by atoms with van der Waals surface area (Å²) in [6, 6.07) is 14.5. The van der Waals surface area contributed by atoms with Crippen molar-refractivity contribution in [1.82, 2.24) is 15.5 Å². The van der Waals surface area contributed by atoms with Crippen LogP contribution >= 0.6 is 0 Å². The minimum Gasteiger partial charge on any atom is -0.444 e. The highest BCUT2D eigenvalue weighted by Crippen LogP contribution is 2.25. The number of carbonyl (C=O) groups excluding carboxylic acids is 4. The summed E-state index contributed by atoms with van der Waals surface area (Å²) in [5.74, 6) is -1.52. The van der Waals surface area contributed by atoms with Gasteiger partial charge in [-0.25, -0.2) is 4.79 Å². The minimum atomic E-state index is -1.13. The van der Waals surface area contributed by atoms with Crippen molar-refractivity contribution in [1.29, 1.82) is 0 Å².